The number of rotatable bonds is 5. The molecule has 0 fully saturated rings. The molecule has 0 spiro atoms. The third-order valence-electron chi connectivity index (χ3n) is 2.69. The van der Waals surface area contributed by atoms with Gasteiger partial charge in [-0.2, -0.15) is 0 Å². The van der Waals surface area contributed by atoms with Crippen LogP contribution in [-0.4, -0.2) is 46.8 Å². The number of thiophene rings is 1. The van der Waals surface area contributed by atoms with Gasteiger partial charge in [-0.05, 0) is 18.4 Å². The predicted octanol–water partition coefficient (Wildman–Crippen LogP) is 1.17. The Balaban J connectivity index is 1.86. The van der Waals surface area contributed by atoms with Crippen molar-refractivity contribution in [3.8, 4) is 0 Å². The Morgan fingerprint density at radius 1 is 1.39 bits per heavy atom. The van der Waals surface area contributed by atoms with Crippen molar-refractivity contribution in [2.24, 2.45) is 0 Å². The Morgan fingerprint density at radius 2 is 2.17 bits per heavy atom. The SMILES string of the molecule is CNC(=O)NC(=O)[C@H](C)OC(=O)CSc1ncnc2sccc12. The van der Waals surface area contributed by atoms with Gasteiger partial charge in [-0.25, -0.2) is 14.8 Å². The van der Waals surface area contributed by atoms with E-state index in [1.54, 1.807) is 0 Å². The van der Waals surface area contributed by atoms with E-state index in [1.807, 2.05) is 16.8 Å². The van der Waals surface area contributed by atoms with E-state index < -0.39 is 24.0 Å². The summed E-state index contributed by atoms with van der Waals surface area (Å²) in [5, 5.41) is 7.72. The van der Waals surface area contributed by atoms with Gasteiger partial charge in [0.05, 0.1) is 5.75 Å². The number of imide groups is 1. The summed E-state index contributed by atoms with van der Waals surface area (Å²) in [4.78, 5) is 43.5. The van der Waals surface area contributed by atoms with Gasteiger partial charge in [0.15, 0.2) is 6.10 Å². The smallest absolute Gasteiger partial charge is 0.321 e. The van der Waals surface area contributed by atoms with Crippen molar-refractivity contribution in [1.29, 1.82) is 0 Å². The van der Waals surface area contributed by atoms with Crippen LogP contribution in [0, 0.1) is 0 Å². The molecule has 0 radical (unpaired) electrons. The number of thioether (sulfide) groups is 1. The minimum absolute atomic E-state index is 0.000442. The lowest BCUT2D eigenvalue weighted by atomic mass is 10.4. The van der Waals surface area contributed by atoms with E-state index in [1.165, 1.54) is 43.4 Å². The number of nitrogens with zero attached hydrogens (tertiary/aromatic N) is 2. The molecule has 2 aromatic rings. The monoisotopic (exact) mass is 354 g/mol. The average molecular weight is 354 g/mol. The highest BCUT2D eigenvalue weighted by Crippen LogP contribution is 2.27. The molecule has 0 aliphatic heterocycles. The van der Waals surface area contributed by atoms with Crippen molar-refractivity contribution in [1.82, 2.24) is 20.6 Å². The number of fused-ring (bicyclic) bond motifs is 1. The van der Waals surface area contributed by atoms with Crippen LogP contribution < -0.4 is 10.6 Å². The molecule has 0 bridgehead atoms. The van der Waals surface area contributed by atoms with Gasteiger partial charge >= 0.3 is 12.0 Å². The van der Waals surface area contributed by atoms with Gasteiger partial charge in [0.1, 0.15) is 16.2 Å². The molecule has 2 aromatic heterocycles. The van der Waals surface area contributed by atoms with Gasteiger partial charge in [0, 0.05) is 12.4 Å². The fourth-order valence-electron chi connectivity index (χ4n) is 1.57. The van der Waals surface area contributed by atoms with Crippen LogP contribution in [0.1, 0.15) is 6.92 Å². The number of carbonyl (C=O) groups excluding carboxylic acids is 3. The first kappa shape index (κ1) is 17.2. The molecule has 2 N–H and O–H groups in total. The first-order chi connectivity index (χ1) is 11.0. The number of ether oxygens (including phenoxy) is 1. The number of nitrogens with one attached hydrogen (secondary N) is 2. The van der Waals surface area contributed by atoms with Gasteiger partial charge in [-0.15, -0.1) is 11.3 Å². The van der Waals surface area contributed by atoms with Crippen molar-refractivity contribution in [3.05, 3.63) is 17.8 Å². The first-order valence-electron chi connectivity index (χ1n) is 6.54. The maximum atomic E-state index is 11.8. The summed E-state index contributed by atoms with van der Waals surface area (Å²) >= 11 is 2.69. The number of aromatic nitrogens is 2. The lowest BCUT2D eigenvalue weighted by Crippen LogP contribution is -2.43. The highest BCUT2D eigenvalue weighted by molar-refractivity contribution is 8.00. The molecule has 0 unspecified atom stereocenters. The van der Waals surface area contributed by atoms with Crippen LogP contribution in [0.2, 0.25) is 0 Å². The summed E-state index contributed by atoms with van der Waals surface area (Å²) < 4.78 is 4.98. The standard InChI is InChI=1S/C13H14N4O4S2/c1-7(10(19)17-13(20)14-2)21-9(18)5-23-12-8-3-4-22-11(8)15-6-16-12/h3-4,6-7H,5H2,1-2H3,(H2,14,17,19,20)/t7-/m0/s1. The highest BCUT2D eigenvalue weighted by Gasteiger charge is 2.20. The van der Waals surface area contributed by atoms with Crippen LogP contribution >= 0.6 is 23.1 Å². The minimum Gasteiger partial charge on any atom is -0.452 e. The van der Waals surface area contributed by atoms with Gasteiger partial charge in [0.2, 0.25) is 0 Å². The van der Waals surface area contributed by atoms with E-state index in [-0.39, 0.29) is 5.75 Å². The molecule has 8 nitrogen and oxygen atoms in total. The van der Waals surface area contributed by atoms with E-state index in [9.17, 15) is 14.4 Å². The second kappa shape index (κ2) is 7.88. The molecule has 0 saturated heterocycles. The van der Waals surface area contributed by atoms with Crippen molar-refractivity contribution in [3.63, 3.8) is 0 Å². The molecule has 0 saturated carbocycles. The van der Waals surface area contributed by atoms with E-state index in [0.29, 0.717) is 5.03 Å². The lowest BCUT2D eigenvalue weighted by molar-refractivity contribution is -0.151. The maximum absolute atomic E-state index is 11.8. The number of amides is 3. The van der Waals surface area contributed by atoms with E-state index in [2.05, 4.69) is 15.3 Å². The molecule has 0 aliphatic rings. The fourth-order valence-corrected chi connectivity index (χ4v) is 3.13. The first-order valence-corrected chi connectivity index (χ1v) is 8.41. The van der Waals surface area contributed by atoms with E-state index in [0.717, 1.165) is 10.2 Å². The molecule has 3 amide bonds. The molecular weight excluding hydrogens is 340 g/mol. The second-order valence-corrected chi connectivity index (χ2v) is 6.17. The largest absolute Gasteiger partial charge is 0.452 e. The molecule has 10 heteroatoms. The van der Waals surface area contributed by atoms with Crippen LogP contribution in [-0.2, 0) is 14.3 Å². The Labute approximate surface area is 140 Å². The third-order valence-corrected chi connectivity index (χ3v) is 4.49. The fraction of sp³-hybridized carbons (Fsp3) is 0.308. The van der Waals surface area contributed by atoms with Crippen LogP contribution in [0.5, 0.6) is 0 Å². The summed E-state index contributed by atoms with van der Waals surface area (Å²) in [5.74, 6) is -1.26. The van der Waals surface area contributed by atoms with Gasteiger partial charge in [-0.3, -0.25) is 14.9 Å². The summed E-state index contributed by atoms with van der Waals surface area (Å²) in [6, 6.07) is 1.22. The summed E-state index contributed by atoms with van der Waals surface area (Å²) in [7, 11) is 1.38. The van der Waals surface area contributed by atoms with Gasteiger partial charge in [-0.1, -0.05) is 11.8 Å². The molecule has 23 heavy (non-hydrogen) atoms. The van der Waals surface area contributed by atoms with Crippen LogP contribution in [0.25, 0.3) is 10.2 Å². The van der Waals surface area contributed by atoms with Gasteiger partial charge in [0.25, 0.3) is 5.91 Å². The number of hydrogen-bond acceptors (Lipinski definition) is 8. The summed E-state index contributed by atoms with van der Waals surface area (Å²) in [6.07, 6.45) is 0.373. The Bertz CT molecular complexity index is 734. The average Bonchev–Trinajstić information content (AvgIpc) is 3.01. The Hall–Kier alpha value is -2.20. The molecule has 2 rings (SSSR count). The molecule has 122 valence electrons. The molecule has 1 atom stereocenters. The van der Waals surface area contributed by atoms with Crippen molar-refractivity contribution in [2.45, 2.75) is 18.1 Å². The zero-order chi connectivity index (χ0) is 16.8. The number of carbonyl (C=O) groups is 3. The zero-order valence-electron chi connectivity index (χ0n) is 12.4. The Morgan fingerprint density at radius 3 is 2.91 bits per heavy atom. The third kappa shape index (κ3) is 4.63. The predicted molar refractivity (Wildman–Crippen MR) is 86.3 cm³/mol. The van der Waals surface area contributed by atoms with Crippen LogP contribution in [0.15, 0.2) is 22.8 Å². The second-order valence-electron chi connectivity index (χ2n) is 4.31. The summed E-state index contributed by atoms with van der Waals surface area (Å²) in [6.45, 7) is 1.39. The van der Waals surface area contributed by atoms with Gasteiger partial charge < -0.3 is 10.1 Å². The van der Waals surface area contributed by atoms with Crippen LogP contribution in [0.3, 0.4) is 0 Å². The number of urea groups is 1. The molecular formula is C13H14N4O4S2. The van der Waals surface area contributed by atoms with E-state index in [4.69, 9.17) is 4.74 Å². The van der Waals surface area contributed by atoms with Crippen LogP contribution in [0.4, 0.5) is 4.79 Å². The molecule has 2 heterocycles. The quantitative estimate of drug-likeness (QED) is 0.471. The normalized spacial score (nSPS) is 11.7. The molecule has 0 aromatic carbocycles. The number of esters is 1. The maximum Gasteiger partial charge on any atom is 0.321 e. The van der Waals surface area contributed by atoms with Crippen molar-refractivity contribution in [2.75, 3.05) is 12.8 Å². The summed E-state index contributed by atoms with van der Waals surface area (Å²) in [5.41, 5.74) is 0. The van der Waals surface area contributed by atoms with Crippen molar-refractivity contribution >= 4 is 51.2 Å². The Kier molecular flexibility index (Phi) is 5.88. The minimum atomic E-state index is -1.06. The topological polar surface area (TPSA) is 110 Å². The number of hydrogen-bond donors (Lipinski definition) is 2. The van der Waals surface area contributed by atoms with E-state index >= 15 is 0 Å². The molecule has 0 aliphatic carbocycles. The lowest BCUT2D eigenvalue weighted by Gasteiger charge is -2.12. The zero-order valence-corrected chi connectivity index (χ0v) is 14.0. The highest BCUT2D eigenvalue weighted by atomic mass is 32.2. The van der Waals surface area contributed by atoms with Crippen molar-refractivity contribution < 1.29 is 19.1 Å².